The van der Waals surface area contributed by atoms with E-state index in [1.807, 2.05) is 20.8 Å². The zero-order chi connectivity index (χ0) is 36.8. The zero-order valence-electron chi connectivity index (χ0n) is 28.9. The van der Waals surface area contributed by atoms with Crippen LogP contribution in [-0.2, 0) is 44.6 Å². The predicted molar refractivity (Wildman–Crippen MR) is 179 cm³/mol. The molecule has 10 nitrogen and oxygen atoms in total. The highest BCUT2D eigenvalue weighted by molar-refractivity contribution is 5.97. The Kier molecular flexibility index (Phi) is 12.2. The van der Waals surface area contributed by atoms with Gasteiger partial charge in [-0.05, 0) is 47.9 Å². The quantitative estimate of drug-likeness (QED) is 0.153. The van der Waals surface area contributed by atoms with Crippen LogP contribution in [0, 0.1) is 17.7 Å². The van der Waals surface area contributed by atoms with Crippen LogP contribution in [0.25, 0.3) is 10.9 Å². The smallest absolute Gasteiger partial charge is 0.418 e. The lowest BCUT2D eigenvalue weighted by molar-refractivity contribution is -0.137. The van der Waals surface area contributed by atoms with Gasteiger partial charge in [-0.25, -0.2) is 9.18 Å². The Balaban J connectivity index is 1.72. The van der Waals surface area contributed by atoms with E-state index in [9.17, 15) is 36.7 Å². The minimum absolute atomic E-state index is 0.0202. The molecular weight excluding hydrogens is 658 g/mol. The molecule has 0 radical (unpaired) electrons. The van der Waals surface area contributed by atoms with Crippen molar-refractivity contribution in [3.63, 3.8) is 0 Å². The molecule has 4 rings (SSSR count). The molecular formula is C36H45F4N5O5. The summed E-state index contributed by atoms with van der Waals surface area (Å²) in [6.45, 7) is 7.41. The number of methoxy groups -OCH3 is 1. The minimum Gasteiger partial charge on any atom is -0.453 e. The highest BCUT2D eigenvalue weighted by Crippen LogP contribution is 2.40. The van der Waals surface area contributed by atoms with Crippen molar-refractivity contribution in [1.29, 1.82) is 0 Å². The van der Waals surface area contributed by atoms with E-state index in [0.717, 1.165) is 6.07 Å². The molecule has 0 spiro atoms. The largest absolute Gasteiger partial charge is 0.453 e. The van der Waals surface area contributed by atoms with Gasteiger partial charge in [0.1, 0.15) is 17.4 Å². The summed E-state index contributed by atoms with van der Waals surface area (Å²) in [4.78, 5) is 56.6. The summed E-state index contributed by atoms with van der Waals surface area (Å²) in [5, 5.41) is 11.5. The van der Waals surface area contributed by atoms with Gasteiger partial charge in [0, 0.05) is 30.1 Å². The van der Waals surface area contributed by atoms with E-state index >= 15 is 0 Å². The number of ether oxygens (including phenoxy) is 1. The number of alkyl carbamates (subject to hydrolysis) is 1. The summed E-state index contributed by atoms with van der Waals surface area (Å²) in [6.07, 6.45) is -4.52. The Bertz CT molecular complexity index is 1710. The maximum Gasteiger partial charge on any atom is 0.418 e. The maximum absolute atomic E-state index is 14.5. The molecule has 0 bridgehead atoms. The van der Waals surface area contributed by atoms with Crippen LogP contribution >= 0.6 is 0 Å². The molecule has 14 heteroatoms. The number of halogens is 4. The molecule has 5 N–H and O–H groups in total. The molecule has 5 atom stereocenters. The van der Waals surface area contributed by atoms with Gasteiger partial charge in [0.15, 0.2) is 0 Å². The molecule has 1 aliphatic rings. The SMILES string of the molecule is CCC(C)[C@H](NC(=O)Cc1ccccc1F)C(=O)N[C@]1(C(=O)N[C@H](CNC(=O)OC)C(C)CC)CCc2[nH]c3c(C(F)(F)F)cccc3c2C1. The summed E-state index contributed by atoms with van der Waals surface area (Å²) in [5.41, 5.74) is -1.46. The fourth-order valence-corrected chi connectivity index (χ4v) is 6.37. The Morgan fingerprint density at radius 1 is 0.980 bits per heavy atom. The van der Waals surface area contributed by atoms with Gasteiger partial charge in [0.25, 0.3) is 0 Å². The second-order valence-corrected chi connectivity index (χ2v) is 13.1. The van der Waals surface area contributed by atoms with Gasteiger partial charge in [-0.15, -0.1) is 0 Å². The summed E-state index contributed by atoms with van der Waals surface area (Å²) in [7, 11) is 1.21. The molecule has 0 aliphatic heterocycles. The Hall–Kier alpha value is -4.62. The molecule has 3 aromatic rings. The van der Waals surface area contributed by atoms with Crippen LogP contribution in [-0.4, -0.2) is 60.1 Å². The molecule has 1 heterocycles. The van der Waals surface area contributed by atoms with Crippen molar-refractivity contribution in [2.75, 3.05) is 13.7 Å². The van der Waals surface area contributed by atoms with Crippen molar-refractivity contribution in [1.82, 2.24) is 26.3 Å². The van der Waals surface area contributed by atoms with Crippen molar-refractivity contribution < 1.29 is 41.5 Å². The van der Waals surface area contributed by atoms with Crippen LogP contribution in [0.4, 0.5) is 22.4 Å². The summed E-state index contributed by atoms with van der Waals surface area (Å²) in [6, 6.07) is 7.93. The Labute approximate surface area is 288 Å². The molecule has 1 aliphatic carbocycles. The van der Waals surface area contributed by atoms with Crippen molar-refractivity contribution in [2.24, 2.45) is 11.8 Å². The van der Waals surface area contributed by atoms with E-state index in [2.05, 4.69) is 31.0 Å². The van der Waals surface area contributed by atoms with Gasteiger partial charge in [-0.3, -0.25) is 14.4 Å². The van der Waals surface area contributed by atoms with Gasteiger partial charge in [-0.2, -0.15) is 13.2 Å². The van der Waals surface area contributed by atoms with E-state index in [1.54, 1.807) is 19.1 Å². The fourth-order valence-electron chi connectivity index (χ4n) is 6.37. The van der Waals surface area contributed by atoms with E-state index in [1.165, 1.54) is 31.4 Å². The minimum atomic E-state index is -4.63. The van der Waals surface area contributed by atoms with Crippen molar-refractivity contribution >= 4 is 34.7 Å². The van der Waals surface area contributed by atoms with Crippen molar-refractivity contribution in [3.8, 4) is 0 Å². The normalized spacial score (nSPS) is 18.3. The number of rotatable bonds is 13. The predicted octanol–water partition coefficient (Wildman–Crippen LogP) is 5.33. The summed E-state index contributed by atoms with van der Waals surface area (Å²) in [5.74, 6) is -2.94. The summed E-state index contributed by atoms with van der Waals surface area (Å²) >= 11 is 0. The molecule has 50 heavy (non-hydrogen) atoms. The van der Waals surface area contributed by atoms with Gasteiger partial charge >= 0.3 is 12.3 Å². The zero-order valence-corrected chi connectivity index (χ0v) is 28.9. The second kappa shape index (κ2) is 15.9. The van der Waals surface area contributed by atoms with Crippen LogP contribution in [0.15, 0.2) is 42.5 Å². The molecule has 4 amide bonds. The third kappa shape index (κ3) is 8.56. The fraction of sp³-hybridized carbons (Fsp3) is 0.500. The number of para-hydroxylation sites is 1. The number of carbonyl (C=O) groups excluding carboxylic acids is 4. The number of hydrogen-bond acceptors (Lipinski definition) is 5. The third-order valence-corrected chi connectivity index (χ3v) is 9.83. The first-order chi connectivity index (χ1) is 23.6. The number of amides is 4. The van der Waals surface area contributed by atoms with E-state index in [4.69, 9.17) is 0 Å². The van der Waals surface area contributed by atoms with E-state index in [0.29, 0.717) is 24.1 Å². The molecule has 1 aromatic heterocycles. The van der Waals surface area contributed by atoms with Gasteiger partial charge in [0.2, 0.25) is 17.7 Å². The maximum atomic E-state index is 14.5. The first-order valence-corrected chi connectivity index (χ1v) is 16.8. The van der Waals surface area contributed by atoms with E-state index in [-0.39, 0.29) is 54.6 Å². The monoisotopic (exact) mass is 703 g/mol. The third-order valence-electron chi connectivity index (χ3n) is 9.83. The first-order valence-electron chi connectivity index (χ1n) is 16.8. The standard InChI is InChI=1S/C36H45F4N5O5/c1-6-20(3)28(19-41-34(49)50-5)43-33(48)35(16-15-27-24(18-35)23-12-10-13-25(31(23)42-27)36(38,39)40)45-32(47)30(21(4)7-2)44-29(46)17-22-11-8-9-14-26(22)37/h8-14,20-21,28,30,42H,6-7,15-19H2,1-5H3,(H,41,49)(H,43,48)(H,44,46)(H,45,47)/t20?,21?,28-,30+,35-/m1/s1. The van der Waals surface area contributed by atoms with Crippen LogP contribution in [0.3, 0.4) is 0 Å². The van der Waals surface area contributed by atoms with Crippen LogP contribution in [0.2, 0.25) is 0 Å². The van der Waals surface area contributed by atoms with Gasteiger partial charge in [0.05, 0.1) is 24.6 Å². The van der Waals surface area contributed by atoms with Gasteiger partial charge < -0.3 is 31.0 Å². The van der Waals surface area contributed by atoms with Crippen LogP contribution in [0.1, 0.15) is 69.3 Å². The molecule has 0 fully saturated rings. The summed E-state index contributed by atoms with van der Waals surface area (Å²) < 4.78 is 60.9. The average Bonchev–Trinajstić information content (AvgIpc) is 3.46. The molecule has 0 saturated heterocycles. The number of aromatic amines is 1. The topological polar surface area (TPSA) is 141 Å². The number of aryl methyl sites for hydroxylation is 1. The Morgan fingerprint density at radius 2 is 1.68 bits per heavy atom. The van der Waals surface area contributed by atoms with Crippen molar-refractivity contribution in [3.05, 3.63) is 70.7 Å². The second-order valence-electron chi connectivity index (χ2n) is 13.1. The van der Waals surface area contributed by atoms with Crippen LogP contribution < -0.4 is 21.3 Å². The lowest BCUT2D eigenvalue weighted by Crippen LogP contribution is -2.66. The molecule has 2 unspecified atom stereocenters. The molecule has 0 saturated carbocycles. The number of aromatic nitrogens is 1. The lowest BCUT2D eigenvalue weighted by atomic mass is 9.78. The van der Waals surface area contributed by atoms with E-state index < -0.39 is 64.9 Å². The average molecular weight is 704 g/mol. The molecule has 272 valence electrons. The number of hydrogen-bond donors (Lipinski definition) is 5. The Morgan fingerprint density at radius 3 is 2.32 bits per heavy atom. The van der Waals surface area contributed by atoms with Crippen LogP contribution in [0.5, 0.6) is 0 Å². The number of alkyl halides is 3. The highest BCUT2D eigenvalue weighted by atomic mass is 19.4. The van der Waals surface area contributed by atoms with Gasteiger partial charge in [-0.1, -0.05) is 70.9 Å². The molecule has 2 aromatic carbocycles. The number of nitrogens with one attached hydrogen (secondary N) is 5. The number of benzene rings is 2. The lowest BCUT2D eigenvalue weighted by Gasteiger charge is -2.40. The van der Waals surface area contributed by atoms with Crippen molar-refractivity contribution in [2.45, 2.75) is 90.0 Å². The number of H-pyrrole nitrogens is 1. The first kappa shape index (κ1) is 38.2. The number of fused-ring (bicyclic) bond motifs is 3. The number of carbonyl (C=O) groups is 4. The highest BCUT2D eigenvalue weighted by Gasteiger charge is 2.47.